The minimum Gasteiger partial charge on any atom is -0.446 e. The minimum absolute atomic E-state index is 0.0472. The van der Waals surface area contributed by atoms with Gasteiger partial charge in [-0.1, -0.05) is 76.2 Å². The van der Waals surface area contributed by atoms with Gasteiger partial charge in [0.2, 0.25) is 0 Å². The number of hydrogen-bond donors (Lipinski definition) is 2. The van der Waals surface area contributed by atoms with E-state index in [0.29, 0.717) is 11.8 Å². The van der Waals surface area contributed by atoms with Crippen LogP contribution in [-0.4, -0.2) is 25.3 Å². The van der Waals surface area contributed by atoms with Crippen LogP contribution in [0.1, 0.15) is 40.5 Å². The largest absolute Gasteiger partial charge is 0.446 e. The molecule has 152 valence electrons. The van der Waals surface area contributed by atoms with Gasteiger partial charge < -0.3 is 10.1 Å². The summed E-state index contributed by atoms with van der Waals surface area (Å²) in [6.07, 6.45) is 1.65. The molecule has 1 saturated heterocycles. The SMILES string of the molecule is CC.CC.O=C(Nc1ccccc1-c1ccccc1)OC1C[C@H]2CNC[C@H]2C1. The Balaban J connectivity index is 0.000000660. The number of hydrogen-bond acceptors (Lipinski definition) is 3. The maximum atomic E-state index is 12.3. The minimum atomic E-state index is -0.351. The van der Waals surface area contributed by atoms with Gasteiger partial charge in [0, 0.05) is 5.56 Å². The highest BCUT2D eigenvalue weighted by Gasteiger charge is 2.39. The van der Waals surface area contributed by atoms with Gasteiger partial charge >= 0.3 is 6.09 Å². The first kappa shape index (κ1) is 22.0. The summed E-state index contributed by atoms with van der Waals surface area (Å²) in [6.45, 7) is 10.1. The van der Waals surface area contributed by atoms with Crippen molar-refractivity contribution in [3.05, 3.63) is 54.6 Å². The van der Waals surface area contributed by atoms with Crippen molar-refractivity contribution in [2.24, 2.45) is 11.8 Å². The van der Waals surface area contributed by atoms with Gasteiger partial charge in [0.25, 0.3) is 0 Å². The number of amides is 1. The highest BCUT2D eigenvalue weighted by molar-refractivity contribution is 5.91. The summed E-state index contributed by atoms with van der Waals surface area (Å²) >= 11 is 0. The van der Waals surface area contributed by atoms with Crippen molar-refractivity contribution in [2.75, 3.05) is 18.4 Å². The molecule has 1 aliphatic carbocycles. The first-order chi connectivity index (χ1) is 13.8. The lowest BCUT2D eigenvalue weighted by Crippen LogP contribution is -2.23. The van der Waals surface area contributed by atoms with Crippen molar-refractivity contribution in [3.8, 4) is 11.1 Å². The summed E-state index contributed by atoms with van der Waals surface area (Å²) in [7, 11) is 0. The summed E-state index contributed by atoms with van der Waals surface area (Å²) in [5, 5.41) is 6.33. The molecule has 3 atom stereocenters. The van der Waals surface area contributed by atoms with E-state index >= 15 is 0 Å². The predicted octanol–water partition coefficient (Wildman–Crippen LogP) is 5.95. The third kappa shape index (κ3) is 5.59. The van der Waals surface area contributed by atoms with Crippen molar-refractivity contribution in [2.45, 2.75) is 46.6 Å². The standard InChI is InChI=1S/C20H22N2O2.2C2H6/c23-20(24-17-10-15-12-21-13-16(15)11-17)22-19-9-5-4-8-18(19)14-6-2-1-3-7-14;2*1-2/h1-9,15-17,21H,10-13H2,(H,22,23);2*1-2H3/t15-,16+,17?;;. The van der Waals surface area contributed by atoms with Crippen LogP contribution >= 0.6 is 0 Å². The van der Waals surface area contributed by atoms with E-state index in [4.69, 9.17) is 4.74 Å². The van der Waals surface area contributed by atoms with Crippen LogP contribution in [0.25, 0.3) is 11.1 Å². The number of fused-ring (bicyclic) bond motifs is 1. The Morgan fingerprint density at radius 1 is 0.893 bits per heavy atom. The maximum absolute atomic E-state index is 12.3. The van der Waals surface area contributed by atoms with E-state index in [1.807, 2.05) is 82.3 Å². The number of carbonyl (C=O) groups is 1. The monoisotopic (exact) mass is 382 g/mol. The molecule has 2 aromatic carbocycles. The number of ether oxygens (including phenoxy) is 1. The Kier molecular flexibility index (Phi) is 9.02. The van der Waals surface area contributed by atoms with Gasteiger partial charge in [-0.25, -0.2) is 4.79 Å². The third-order valence-corrected chi connectivity index (χ3v) is 5.13. The van der Waals surface area contributed by atoms with Crippen LogP contribution in [0.15, 0.2) is 54.6 Å². The Morgan fingerprint density at radius 3 is 2.11 bits per heavy atom. The Labute approximate surface area is 169 Å². The van der Waals surface area contributed by atoms with Crippen molar-refractivity contribution < 1.29 is 9.53 Å². The Morgan fingerprint density at radius 2 is 1.46 bits per heavy atom. The lowest BCUT2D eigenvalue weighted by Gasteiger charge is -2.15. The summed E-state index contributed by atoms with van der Waals surface area (Å²) in [5.41, 5.74) is 2.87. The number of benzene rings is 2. The van der Waals surface area contributed by atoms with Crippen LogP contribution in [-0.2, 0) is 4.74 Å². The second kappa shape index (κ2) is 11.5. The zero-order valence-corrected chi connectivity index (χ0v) is 17.6. The molecule has 2 aliphatic rings. The fourth-order valence-electron chi connectivity index (χ4n) is 3.96. The normalized spacial score (nSPS) is 22.1. The maximum Gasteiger partial charge on any atom is 0.411 e. The van der Waals surface area contributed by atoms with Crippen molar-refractivity contribution >= 4 is 11.8 Å². The second-order valence-corrected chi connectivity index (χ2v) is 6.71. The van der Waals surface area contributed by atoms with E-state index in [1.54, 1.807) is 0 Å². The number of para-hydroxylation sites is 1. The van der Waals surface area contributed by atoms with Crippen molar-refractivity contribution in [1.29, 1.82) is 0 Å². The van der Waals surface area contributed by atoms with E-state index in [2.05, 4.69) is 10.6 Å². The molecule has 0 bridgehead atoms. The predicted molar refractivity (Wildman–Crippen MR) is 118 cm³/mol. The van der Waals surface area contributed by atoms with Gasteiger partial charge in [-0.15, -0.1) is 0 Å². The molecule has 4 heteroatoms. The topological polar surface area (TPSA) is 50.4 Å². The molecule has 1 unspecified atom stereocenters. The number of rotatable bonds is 3. The summed E-state index contributed by atoms with van der Waals surface area (Å²) in [5.74, 6) is 1.33. The molecule has 1 heterocycles. The quantitative estimate of drug-likeness (QED) is 0.689. The van der Waals surface area contributed by atoms with Gasteiger partial charge in [0.1, 0.15) is 6.10 Å². The average molecular weight is 383 g/mol. The highest BCUT2D eigenvalue weighted by atomic mass is 16.6. The molecule has 0 aromatic heterocycles. The molecule has 28 heavy (non-hydrogen) atoms. The zero-order valence-electron chi connectivity index (χ0n) is 17.6. The molecule has 1 amide bonds. The molecule has 2 aromatic rings. The third-order valence-electron chi connectivity index (χ3n) is 5.13. The van der Waals surface area contributed by atoms with Crippen LogP contribution in [0.5, 0.6) is 0 Å². The molecule has 2 N–H and O–H groups in total. The molecule has 4 rings (SSSR count). The zero-order chi connectivity index (χ0) is 20.4. The van der Waals surface area contributed by atoms with E-state index in [-0.39, 0.29) is 12.2 Å². The van der Waals surface area contributed by atoms with E-state index in [1.165, 1.54) is 0 Å². The fraction of sp³-hybridized carbons (Fsp3) is 0.458. The number of nitrogens with one attached hydrogen (secondary N) is 2. The lowest BCUT2D eigenvalue weighted by atomic mass is 10.0. The molecule has 0 spiro atoms. The van der Waals surface area contributed by atoms with Crippen LogP contribution in [0.4, 0.5) is 10.5 Å². The van der Waals surface area contributed by atoms with Gasteiger partial charge in [0.05, 0.1) is 5.69 Å². The van der Waals surface area contributed by atoms with E-state index in [9.17, 15) is 4.79 Å². The molecule has 1 aliphatic heterocycles. The first-order valence-corrected chi connectivity index (χ1v) is 10.6. The summed E-state index contributed by atoms with van der Waals surface area (Å²) < 4.78 is 5.66. The van der Waals surface area contributed by atoms with Crippen molar-refractivity contribution in [3.63, 3.8) is 0 Å². The number of carbonyl (C=O) groups excluding carboxylic acids is 1. The summed E-state index contributed by atoms with van der Waals surface area (Å²) in [6, 6.07) is 17.9. The molecule has 4 nitrogen and oxygen atoms in total. The van der Waals surface area contributed by atoms with Gasteiger partial charge in [0.15, 0.2) is 0 Å². The highest BCUT2D eigenvalue weighted by Crippen LogP contribution is 2.36. The fourth-order valence-corrected chi connectivity index (χ4v) is 3.96. The lowest BCUT2D eigenvalue weighted by molar-refractivity contribution is 0.110. The molecular formula is C24H34N2O2. The molecular weight excluding hydrogens is 348 g/mol. The van der Waals surface area contributed by atoms with Crippen LogP contribution < -0.4 is 10.6 Å². The van der Waals surface area contributed by atoms with Crippen molar-refractivity contribution in [1.82, 2.24) is 5.32 Å². The van der Waals surface area contributed by atoms with Gasteiger partial charge in [-0.3, -0.25) is 5.32 Å². The van der Waals surface area contributed by atoms with Gasteiger partial charge in [-0.2, -0.15) is 0 Å². The molecule has 2 fully saturated rings. The molecule has 0 radical (unpaired) electrons. The second-order valence-electron chi connectivity index (χ2n) is 6.71. The molecule has 1 saturated carbocycles. The number of anilines is 1. The van der Waals surface area contributed by atoms with E-state index in [0.717, 1.165) is 42.7 Å². The van der Waals surface area contributed by atoms with Crippen LogP contribution in [0, 0.1) is 11.8 Å². The smallest absolute Gasteiger partial charge is 0.411 e. The van der Waals surface area contributed by atoms with Crippen LogP contribution in [0.2, 0.25) is 0 Å². The van der Waals surface area contributed by atoms with Gasteiger partial charge in [-0.05, 0) is 49.4 Å². The average Bonchev–Trinajstić information content (AvgIpc) is 3.34. The first-order valence-electron chi connectivity index (χ1n) is 10.6. The Hall–Kier alpha value is -2.33. The Bertz CT molecular complexity index is 706. The van der Waals surface area contributed by atoms with E-state index < -0.39 is 0 Å². The van der Waals surface area contributed by atoms with Crippen LogP contribution in [0.3, 0.4) is 0 Å². The summed E-state index contributed by atoms with van der Waals surface area (Å²) in [4.78, 5) is 12.3.